The van der Waals surface area contributed by atoms with E-state index in [-0.39, 0.29) is 5.56 Å². The summed E-state index contributed by atoms with van der Waals surface area (Å²) in [5.41, 5.74) is -1.69. The van der Waals surface area contributed by atoms with Crippen LogP contribution in [0.4, 0.5) is 17.6 Å². The van der Waals surface area contributed by atoms with Crippen LogP contribution in [0.5, 0.6) is 0 Å². The zero-order chi connectivity index (χ0) is 11.6. The van der Waals surface area contributed by atoms with Crippen LogP contribution in [0.25, 0.3) is 0 Å². The molecule has 0 aliphatic rings. The molecule has 1 aromatic carbocycles. The van der Waals surface area contributed by atoms with Gasteiger partial charge in [-0.2, -0.15) is 13.2 Å². The SMILES string of the molecule is [CH2-][NH2+]C(=O)c1ccc(F)c(C(F)(F)F)c1. The lowest BCUT2D eigenvalue weighted by Gasteiger charge is -2.08. The Labute approximate surface area is 82.9 Å². The molecule has 0 saturated heterocycles. The molecule has 2 nitrogen and oxygen atoms in total. The van der Waals surface area contributed by atoms with Gasteiger partial charge in [0.05, 0.1) is 11.1 Å². The summed E-state index contributed by atoms with van der Waals surface area (Å²) in [4.78, 5) is 11.0. The first-order chi connectivity index (χ1) is 6.86. The minimum absolute atomic E-state index is 0.237. The normalized spacial score (nSPS) is 11.5. The molecule has 0 aliphatic carbocycles. The van der Waals surface area contributed by atoms with E-state index in [1.807, 2.05) is 0 Å². The van der Waals surface area contributed by atoms with Crippen LogP contribution in [-0.2, 0) is 6.18 Å². The fourth-order valence-corrected chi connectivity index (χ4v) is 1.01. The number of nitrogens with two attached hydrogens (primary N) is 1. The molecule has 0 atom stereocenters. The number of amides is 1. The van der Waals surface area contributed by atoms with Crippen LogP contribution in [-0.4, -0.2) is 5.91 Å². The number of carbonyl (C=O) groups excluding carboxylic acids is 1. The van der Waals surface area contributed by atoms with Gasteiger partial charge in [0.15, 0.2) is 0 Å². The third-order valence-corrected chi connectivity index (χ3v) is 1.74. The van der Waals surface area contributed by atoms with Gasteiger partial charge in [0.25, 0.3) is 0 Å². The molecule has 6 heteroatoms. The first kappa shape index (κ1) is 11.6. The molecule has 0 aliphatic heterocycles. The molecule has 0 fully saturated rings. The number of hydrogen-bond donors (Lipinski definition) is 1. The third-order valence-electron chi connectivity index (χ3n) is 1.74. The number of benzene rings is 1. The average molecular weight is 221 g/mol. The van der Waals surface area contributed by atoms with Crippen LogP contribution >= 0.6 is 0 Å². The molecule has 1 rings (SSSR count). The summed E-state index contributed by atoms with van der Waals surface area (Å²) < 4.78 is 49.4. The molecule has 0 spiro atoms. The number of carbonyl (C=O) groups is 1. The van der Waals surface area contributed by atoms with Crippen molar-refractivity contribution < 1.29 is 27.7 Å². The molecule has 1 aromatic rings. The molecule has 0 saturated carbocycles. The van der Waals surface area contributed by atoms with Crippen molar-refractivity contribution in [1.82, 2.24) is 0 Å². The number of primary amides is 1. The second kappa shape index (κ2) is 3.98. The molecule has 0 bridgehead atoms. The Morgan fingerprint density at radius 2 is 1.93 bits per heavy atom. The lowest BCUT2D eigenvalue weighted by atomic mass is 10.1. The summed E-state index contributed by atoms with van der Waals surface area (Å²) >= 11 is 0. The highest BCUT2D eigenvalue weighted by Crippen LogP contribution is 2.31. The third kappa shape index (κ3) is 2.53. The maximum absolute atomic E-state index is 12.8. The Hall–Kier alpha value is -1.43. The van der Waals surface area contributed by atoms with Gasteiger partial charge in [-0.25, -0.2) is 9.18 Å². The van der Waals surface area contributed by atoms with Gasteiger partial charge in [-0.05, 0) is 18.2 Å². The predicted octanol–water partition coefficient (Wildman–Crippen LogP) is 1.34. The topological polar surface area (TPSA) is 33.7 Å². The number of quaternary nitrogens is 1. The van der Waals surface area contributed by atoms with Crippen molar-refractivity contribution in [2.45, 2.75) is 6.18 Å². The Kier molecular flexibility index (Phi) is 3.09. The highest BCUT2D eigenvalue weighted by molar-refractivity contribution is 5.86. The van der Waals surface area contributed by atoms with E-state index in [2.05, 4.69) is 7.05 Å². The van der Waals surface area contributed by atoms with Gasteiger partial charge < -0.3 is 5.32 Å². The first-order valence-electron chi connectivity index (χ1n) is 3.90. The van der Waals surface area contributed by atoms with Crippen LogP contribution in [0.15, 0.2) is 18.2 Å². The van der Waals surface area contributed by atoms with Crippen molar-refractivity contribution in [2.75, 3.05) is 0 Å². The van der Waals surface area contributed by atoms with E-state index < -0.39 is 23.5 Å². The van der Waals surface area contributed by atoms with Crippen molar-refractivity contribution in [3.63, 3.8) is 0 Å². The van der Waals surface area contributed by atoms with Gasteiger partial charge in [0, 0.05) is 0 Å². The quantitative estimate of drug-likeness (QED) is 0.563. The lowest BCUT2D eigenvalue weighted by Crippen LogP contribution is -2.81. The van der Waals surface area contributed by atoms with Crippen molar-refractivity contribution in [3.05, 3.63) is 42.2 Å². The van der Waals surface area contributed by atoms with Gasteiger partial charge in [-0.1, -0.05) is 0 Å². The van der Waals surface area contributed by atoms with E-state index in [0.29, 0.717) is 12.1 Å². The van der Waals surface area contributed by atoms with E-state index in [4.69, 9.17) is 0 Å². The summed E-state index contributed by atoms with van der Waals surface area (Å²) in [6.45, 7) is 0. The Morgan fingerprint density at radius 1 is 1.33 bits per heavy atom. The summed E-state index contributed by atoms with van der Waals surface area (Å²) in [6, 6.07) is 2.06. The Bertz CT molecular complexity index is 386. The van der Waals surface area contributed by atoms with Gasteiger partial charge in [-0.3, -0.25) is 0 Å². The summed E-state index contributed by atoms with van der Waals surface area (Å²) in [5.74, 6) is -2.08. The molecule has 0 unspecified atom stereocenters. The van der Waals surface area contributed by atoms with Gasteiger partial charge in [-0.15, -0.1) is 7.05 Å². The van der Waals surface area contributed by atoms with Crippen LogP contribution in [0.2, 0.25) is 0 Å². The van der Waals surface area contributed by atoms with E-state index in [9.17, 15) is 22.4 Å². The number of hydrogen-bond acceptors (Lipinski definition) is 1. The van der Waals surface area contributed by atoms with Crippen molar-refractivity contribution >= 4 is 5.91 Å². The minimum Gasteiger partial charge on any atom is -0.411 e. The zero-order valence-corrected chi connectivity index (χ0v) is 7.44. The van der Waals surface area contributed by atoms with Crippen molar-refractivity contribution in [2.24, 2.45) is 0 Å². The zero-order valence-electron chi connectivity index (χ0n) is 7.44. The van der Waals surface area contributed by atoms with Crippen molar-refractivity contribution in [1.29, 1.82) is 0 Å². The fraction of sp³-hybridized carbons (Fsp3) is 0.111. The van der Waals surface area contributed by atoms with Crippen LogP contribution in [0.3, 0.4) is 0 Å². The highest BCUT2D eigenvalue weighted by Gasteiger charge is 2.34. The lowest BCUT2D eigenvalue weighted by molar-refractivity contribution is -0.489. The fourth-order valence-electron chi connectivity index (χ4n) is 1.01. The van der Waals surface area contributed by atoms with Gasteiger partial charge >= 0.3 is 12.1 Å². The molecule has 0 radical (unpaired) electrons. The molecular formula is C9H7F4NO. The second-order valence-electron chi connectivity index (χ2n) is 2.76. The molecule has 82 valence electrons. The summed E-state index contributed by atoms with van der Waals surface area (Å²) in [6.07, 6.45) is -4.80. The largest absolute Gasteiger partial charge is 0.419 e. The second-order valence-corrected chi connectivity index (χ2v) is 2.76. The van der Waals surface area contributed by atoms with E-state index in [1.165, 1.54) is 0 Å². The molecular weight excluding hydrogens is 214 g/mol. The minimum atomic E-state index is -4.80. The Balaban J connectivity index is 3.23. The summed E-state index contributed by atoms with van der Waals surface area (Å²) in [7, 11) is 3.13. The Morgan fingerprint density at radius 3 is 2.40 bits per heavy atom. The highest BCUT2D eigenvalue weighted by atomic mass is 19.4. The number of halogens is 4. The average Bonchev–Trinajstić information content (AvgIpc) is 2.15. The smallest absolute Gasteiger partial charge is 0.411 e. The molecule has 15 heavy (non-hydrogen) atoms. The van der Waals surface area contributed by atoms with Crippen LogP contribution < -0.4 is 5.32 Å². The van der Waals surface area contributed by atoms with Crippen molar-refractivity contribution in [3.8, 4) is 0 Å². The monoisotopic (exact) mass is 221 g/mol. The van der Waals surface area contributed by atoms with Crippen LogP contribution in [0, 0.1) is 12.9 Å². The van der Waals surface area contributed by atoms with Crippen LogP contribution in [0.1, 0.15) is 15.9 Å². The van der Waals surface area contributed by atoms with Gasteiger partial charge in [0.1, 0.15) is 5.82 Å². The first-order valence-corrected chi connectivity index (χ1v) is 3.90. The molecule has 0 heterocycles. The number of rotatable bonds is 1. The molecule has 1 amide bonds. The standard InChI is InChI=1S/C9H7F4NO/c1-14-8(15)5-2-3-7(10)6(4-5)9(11,12)13/h2-4H,1,14H2. The maximum atomic E-state index is 12.8. The molecule has 0 aromatic heterocycles. The van der Waals surface area contributed by atoms with E-state index in [1.54, 1.807) is 0 Å². The number of alkyl halides is 3. The molecule has 2 N–H and O–H groups in total. The maximum Gasteiger partial charge on any atom is 0.419 e. The van der Waals surface area contributed by atoms with E-state index in [0.717, 1.165) is 11.4 Å². The van der Waals surface area contributed by atoms with Gasteiger partial charge in [0.2, 0.25) is 0 Å². The van der Waals surface area contributed by atoms with E-state index >= 15 is 0 Å². The predicted molar refractivity (Wildman–Crippen MR) is 43.0 cm³/mol. The summed E-state index contributed by atoms with van der Waals surface area (Å²) in [5, 5.41) is 0.868.